The van der Waals surface area contributed by atoms with Crippen LogP contribution in [0.2, 0.25) is 0 Å². The minimum absolute atomic E-state index is 0.0325. The fraction of sp³-hybridized carbons (Fsp3) is 0.600. The molecule has 0 bridgehead atoms. The first kappa shape index (κ1) is 15.6. The van der Waals surface area contributed by atoms with Gasteiger partial charge < -0.3 is 11.1 Å². The number of rotatable bonds is 8. The first-order valence-corrected chi connectivity index (χ1v) is 7.06. The van der Waals surface area contributed by atoms with Gasteiger partial charge in [-0.25, -0.2) is 0 Å². The van der Waals surface area contributed by atoms with Gasteiger partial charge in [-0.2, -0.15) is 0 Å². The van der Waals surface area contributed by atoms with E-state index < -0.39 is 0 Å². The topological polar surface area (TPSA) is 68.0 Å². The molecule has 1 aromatic rings. The minimum atomic E-state index is 0.0325. The number of hydrogen-bond acceptors (Lipinski definition) is 3. The van der Waals surface area contributed by atoms with Gasteiger partial charge in [0.1, 0.15) is 0 Å². The second kappa shape index (κ2) is 8.64. The van der Waals surface area contributed by atoms with Crippen molar-refractivity contribution in [3.05, 3.63) is 30.1 Å². The second-order valence-corrected chi connectivity index (χ2v) is 4.96. The number of pyridine rings is 1. The average Bonchev–Trinajstić information content (AvgIpc) is 2.44. The first-order chi connectivity index (χ1) is 9.17. The molecule has 0 fully saturated rings. The van der Waals surface area contributed by atoms with Gasteiger partial charge in [-0.1, -0.05) is 13.3 Å². The Morgan fingerprint density at radius 3 is 2.63 bits per heavy atom. The first-order valence-electron chi connectivity index (χ1n) is 7.06. The fourth-order valence-corrected chi connectivity index (χ4v) is 2.17. The number of carbonyl (C=O) groups is 1. The van der Waals surface area contributed by atoms with Crippen molar-refractivity contribution < 1.29 is 4.79 Å². The quantitative estimate of drug-likeness (QED) is 0.757. The van der Waals surface area contributed by atoms with Crippen LogP contribution in [0.3, 0.4) is 0 Å². The smallest absolute Gasteiger partial charge is 0.220 e. The lowest BCUT2D eigenvalue weighted by Crippen LogP contribution is -2.27. The third kappa shape index (κ3) is 5.83. The minimum Gasteiger partial charge on any atom is -0.350 e. The van der Waals surface area contributed by atoms with Gasteiger partial charge >= 0.3 is 0 Å². The van der Waals surface area contributed by atoms with Crippen molar-refractivity contribution in [1.29, 1.82) is 0 Å². The number of amides is 1. The SMILES string of the molecule is CCC(CCN)CCC(=O)N[C@H](C)c1ccncc1. The van der Waals surface area contributed by atoms with Crippen molar-refractivity contribution in [3.8, 4) is 0 Å². The molecule has 19 heavy (non-hydrogen) atoms. The largest absolute Gasteiger partial charge is 0.350 e. The van der Waals surface area contributed by atoms with Crippen molar-refractivity contribution >= 4 is 5.91 Å². The molecule has 1 amide bonds. The Morgan fingerprint density at radius 1 is 1.37 bits per heavy atom. The summed E-state index contributed by atoms with van der Waals surface area (Å²) in [4.78, 5) is 15.9. The molecule has 1 unspecified atom stereocenters. The molecular formula is C15H25N3O. The Kier molecular flexibility index (Phi) is 7.11. The molecule has 4 heteroatoms. The lowest BCUT2D eigenvalue weighted by atomic mass is 9.96. The van der Waals surface area contributed by atoms with E-state index >= 15 is 0 Å². The molecule has 4 nitrogen and oxygen atoms in total. The Labute approximate surface area is 115 Å². The Bertz CT molecular complexity index is 367. The number of nitrogens with one attached hydrogen (secondary N) is 1. The van der Waals surface area contributed by atoms with Crippen LogP contribution >= 0.6 is 0 Å². The zero-order valence-corrected chi connectivity index (χ0v) is 11.9. The molecule has 0 radical (unpaired) electrons. The summed E-state index contributed by atoms with van der Waals surface area (Å²) in [5.74, 6) is 0.673. The van der Waals surface area contributed by atoms with Gasteiger partial charge in [0.05, 0.1) is 6.04 Å². The molecule has 1 aromatic heterocycles. The molecule has 0 aliphatic heterocycles. The highest BCUT2D eigenvalue weighted by atomic mass is 16.1. The van der Waals surface area contributed by atoms with Gasteiger partial charge in [0, 0.05) is 18.8 Å². The van der Waals surface area contributed by atoms with Gasteiger partial charge in [-0.3, -0.25) is 9.78 Å². The molecule has 0 saturated carbocycles. The van der Waals surface area contributed by atoms with Crippen LogP contribution < -0.4 is 11.1 Å². The monoisotopic (exact) mass is 263 g/mol. The summed E-state index contributed by atoms with van der Waals surface area (Å²) in [6, 6.07) is 3.88. The van der Waals surface area contributed by atoms with Crippen LogP contribution in [0.1, 0.15) is 51.1 Å². The zero-order valence-electron chi connectivity index (χ0n) is 11.9. The van der Waals surface area contributed by atoms with Crippen LogP contribution in [-0.2, 0) is 4.79 Å². The van der Waals surface area contributed by atoms with Crippen molar-refractivity contribution in [1.82, 2.24) is 10.3 Å². The molecular weight excluding hydrogens is 238 g/mol. The van der Waals surface area contributed by atoms with Gasteiger partial charge in [-0.05, 0) is 49.9 Å². The maximum Gasteiger partial charge on any atom is 0.220 e. The van der Waals surface area contributed by atoms with Crippen molar-refractivity contribution in [2.75, 3.05) is 6.54 Å². The molecule has 3 N–H and O–H groups in total. The maximum atomic E-state index is 11.9. The Morgan fingerprint density at radius 2 is 2.05 bits per heavy atom. The van der Waals surface area contributed by atoms with Crippen LogP contribution in [0.15, 0.2) is 24.5 Å². The highest BCUT2D eigenvalue weighted by Gasteiger charge is 2.12. The summed E-state index contributed by atoms with van der Waals surface area (Å²) in [7, 11) is 0. The molecule has 1 rings (SSSR count). The van der Waals surface area contributed by atoms with Crippen LogP contribution in [0.25, 0.3) is 0 Å². The van der Waals surface area contributed by atoms with Crippen molar-refractivity contribution in [2.45, 2.75) is 45.6 Å². The van der Waals surface area contributed by atoms with E-state index in [9.17, 15) is 4.79 Å². The van der Waals surface area contributed by atoms with Gasteiger partial charge in [0.25, 0.3) is 0 Å². The van der Waals surface area contributed by atoms with E-state index in [2.05, 4.69) is 17.2 Å². The van der Waals surface area contributed by atoms with E-state index in [0.717, 1.165) is 24.8 Å². The summed E-state index contributed by atoms with van der Waals surface area (Å²) in [6.07, 6.45) is 7.07. The zero-order chi connectivity index (χ0) is 14.1. The summed E-state index contributed by atoms with van der Waals surface area (Å²) in [5.41, 5.74) is 6.64. The predicted octanol–water partition coefficient (Wildman–Crippen LogP) is 2.41. The maximum absolute atomic E-state index is 11.9. The summed E-state index contributed by atoms with van der Waals surface area (Å²) in [6.45, 7) is 4.84. The number of hydrogen-bond donors (Lipinski definition) is 2. The lowest BCUT2D eigenvalue weighted by molar-refractivity contribution is -0.122. The van der Waals surface area contributed by atoms with Gasteiger partial charge in [0.2, 0.25) is 5.91 Å². The molecule has 0 spiro atoms. The standard InChI is InChI=1S/C15H25N3O/c1-3-13(6-9-16)4-5-15(19)18-12(2)14-7-10-17-11-8-14/h7-8,10-13H,3-6,9,16H2,1-2H3,(H,18,19)/t12-,13?/m1/s1. The molecule has 106 valence electrons. The molecule has 0 saturated heterocycles. The summed E-state index contributed by atoms with van der Waals surface area (Å²) >= 11 is 0. The summed E-state index contributed by atoms with van der Waals surface area (Å²) < 4.78 is 0. The Hall–Kier alpha value is -1.42. The van der Waals surface area contributed by atoms with Crippen LogP contribution in [-0.4, -0.2) is 17.4 Å². The molecule has 0 aliphatic rings. The highest BCUT2D eigenvalue weighted by Crippen LogP contribution is 2.15. The average molecular weight is 263 g/mol. The van der Waals surface area contributed by atoms with E-state index in [-0.39, 0.29) is 11.9 Å². The van der Waals surface area contributed by atoms with E-state index in [1.54, 1.807) is 12.4 Å². The van der Waals surface area contributed by atoms with Crippen LogP contribution in [0, 0.1) is 5.92 Å². The number of carbonyl (C=O) groups excluding carboxylic acids is 1. The molecule has 0 aromatic carbocycles. The van der Waals surface area contributed by atoms with E-state index in [1.807, 2.05) is 19.1 Å². The van der Waals surface area contributed by atoms with E-state index in [1.165, 1.54) is 0 Å². The third-order valence-electron chi connectivity index (χ3n) is 3.52. The normalized spacial score (nSPS) is 13.8. The third-order valence-corrected chi connectivity index (χ3v) is 3.52. The molecule has 1 heterocycles. The van der Waals surface area contributed by atoms with E-state index in [0.29, 0.717) is 18.9 Å². The van der Waals surface area contributed by atoms with Gasteiger partial charge in [-0.15, -0.1) is 0 Å². The van der Waals surface area contributed by atoms with E-state index in [4.69, 9.17) is 5.73 Å². The lowest BCUT2D eigenvalue weighted by Gasteiger charge is -2.16. The summed E-state index contributed by atoms with van der Waals surface area (Å²) in [5, 5.41) is 3.02. The second-order valence-electron chi connectivity index (χ2n) is 4.96. The van der Waals surface area contributed by atoms with Crippen LogP contribution in [0.5, 0.6) is 0 Å². The van der Waals surface area contributed by atoms with Crippen molar-refractivity contribution in [3.63, 3.8) is 0 Å². The highest BCUT2D eigenvalue weighted by molar-refractivity contribution is 5.76. The Balaban J connectivity index is 2.35. The van der Waals surface area contributed by atoms with Crippen LogP contribution in [0.4, 0.5) is 0 Å². The molecule has 0 aliphatic carbocycles. The van der Waals surface area contributed by atoms with Crippen molar-refractivity contribution in [2.24, 2.45) is 11.7 Å². The number of aromatic nitrogens is 1. The number of nitrogens with two attached hydrogens (primary N) is 1. The fourth-order valence-electron chi connectivity index (χ4n) is 2.17. The van der Waals surface area contributed by atoms with Gasteiger partial charge in [0.15, 0.2) is 0 Å². The predicted molar refractivity (Wildman–Crippen MR) is 77.5 cm³/mol. The number of nitrogens with zero attached hydrogens (tertiary/aromatic N) is 1. The molecule has 2 atom stereocenters.